The van der Waals surface area contributed by atoms with Gasteiger partial charge in [-0.25, -0.2) is 0 Å². The van der Waals surface area contributed by atoms with Crippen LogP contribution in [0.4, 0.5) is 0 Å². The molecule has 0 amide bonds. The van der Waals surface area contributed by atoms with Crippen LogP contribution in [0.15, 0.2) is 48.5 Å². The molecule has 1 N–H and O–H groups in total. The minimum atomic E-state index is 0.0190. The highest BCUT2D eigenvalue weighted by molar-refractivity contribution is 5.85. The topological polar surface area (TPSA) is 23.9 Å². The molecular formula is C21H25N. The molecule has 3 rings (SSSR count). The summed E-state index contributed by atoms with van der Waals surface area (Å²) in [6.45, 7) is 4.20. The number of aryl methyl sites for hydroxylation is 3. The molecule has 1 aliphatic carbocycles. The van der Waals surface area contributed by atoms with Crippen molar-refractivity contribution >= 4 is 5.71 Å². The number of hydrogen-bond acceptors (Lipinski definition) is 1. The van der Waals surface area contributed by atoms with Crippen molar-refractivity contribution in [3.8, 4) is 0 Å². The smallest absolute Gasteiger partial charge is 0.0124 e. The van der Waals surface area contributed by atoms with Crippen molar-refractivity contribution in [3.05, 3.63) is 70.8 Å². The first kappa shape index (κ1) is 15.0. The molecular weight excluding hydrogens is 266 g/mol. The highest BCUT2D eigenvalue weighted by Crippen LogP contribution is 2.39. The van der Waals surface area contributed by atoms with Crippen LogP contribution < -0.4 is 0 Å². The third-order valence-electron chi connectivity index (χ3n) is 5.45. The van der Waals surface area contributed by atoms with Gasteiger partial charge in [0.2, 0.25) is 0 Å². The normalized spacial score (nSPS) is 16.6. The number of rotatable bonds is 3. The Balaban J connectivity index is 1.91. The molecule has 114 valence electrons. The van der Waals surface area contributed by atoms with E-state index >= 15 is 0 Å². The van der Waals surface area contributed by atoms with E-state index in [9.17, 15) is 0 Å². The summed E-state index contributed by atoms with van der Waals surface area (Å²) in [5.41, 5.74) is 6.59. The second-order valence-corrected chi connectivity index (χ2v) is 6.78. The van der Waals surface area contributed by atoms with E-state index < -0.39 is 0 Å². The summed E-state index contributed by atoms with van der Waals surface area (Å²) in [5, 5.41) is 8.46. The predicted molar refractivity (Wildman–Crippen MR) is 93.8 cm³/mol. The summed E-state index contributed by atoms with van der Waals surface area (Å²) in [7, 11) is 0. The maximum absolute atomic E-state index is 8.46. The molecule has 1 heteroatoms. The van der Waals surface area contributed by atoms with E-state index in [1.165, 1.54) is 22.3 Å². The predicted octanol–water partition coefficient (Wildman–Crippen LogP) is 5.14. The Hall–Kier alpha value is -1.89. The van der Waals surface area contributed by atoms with E-state index in [0.29, 0.717) is 0 Å². The van der Waals surface area contributed by atoms with Crippen LogP contribution in [-0.2, 0) is 19.3 Å². The van der Waals surface area contributed by atoms with E-state index in [-0.39, 0.29) is 5.41 Å². The molecule has 0 radical (unpaired) electrons. The lowest BCUT2D eigenvalue weighted by molar-refractivity contribution is 0.359. The van der Waals surface area contributed by atoms with Crippen LogP contribution in [-0.4, -0.2) is 5.71 Å². The van der Waals surface area contributed by atoms with Gasteiger partial charge in [0.15, 0.2) is 0 Å². The Kier molecular flexibility index (Phi) is 4.15. The summed E-state index contributed by atoms with van der Waals surface area (Å²) >= 11 is 0. The quantitative estimate of drug-likeness (QED) is 0.598. The first-order valence-electron chi connectivity index (χ1n) is 8.28. The van der Waals surface area contributed by atoms with Crippen LogP contribution in [0, 0.1) is 17.7 Å². The molecule has 0 spiro atoms. The SMILES string of the molecule is CC(=N)C1(Cc2ccccc2C)CCc2ccccc2CC1. The molecule has 0 fully saturated rings. The zero-order valence-corrected chi connectivity index (χ0v) is 13.7. The van der Waals surface area contributed by atoms with Crippen LogP contribution in [0.5, 0.6) is 0 Å². The van der Waals surface area contributed by atoms with Crippen LogP contribution >= 0.6 is 0 Å². The van der Waals surface area contributed by atoms with Crippen molar-refractivity contribution in [1.29, 1.82) is 5.41 Å². The van der Waals surface area contributed by atoms with Crippen LogP contribution in [0.25, 0.3) is 0 Å². The second kappa shape index (κ2) is 6.08. The average Bonchev–Trinajstić information content (AvgIpc) is 2.71. The summed E-state index contributed by atoms with van der Waals surface area (Å²) in [4.78, 5) is 0. The summed E-state index contributed by atoms with van der Waals surface area (Å²) in [6, 6.07) is 17.5. The molecule has 2 aromatic rings. The maximum Gasteiger partial charge on any atom is 0.0124 e. The van der Waals surface area contributed by atoms with Gasteiger partial charge in [0.05, 0.1) is 0 Å². The summed E-state index contributed by atoms with van der Waals surface area (Å²) < 4.78 is 0. The fraction of sp³-hybridized carbons (Fsp3) is 0.381. The van der Waals surface area contributed by atoms with E-state index in [4.69, 9.17) is 5.41 Å². The minimum absolute atomic E-state index is 0.0190. The number of hydrogen-bond donors (Lipinski definition) is 1. The van der Waals surface area contributed by atoms with Gasteiger partial charge in [-0.3, -0.25) is 0 Å². The molecule has 2 aromatic carbocycles. The lowest BCUT2D eigenvalue weighted by Crippen LogP contribution is -2.32. The maximum atomic E-state index is 8.46. The molecule has 1 aliphatic rings. The molecule has 0 aromatic heterocycles. The summed E-state index contributed by atoms with van der Waals surface area (Å²) in [6.07, 6.45) is 5.38. The fourth-order valence-corrected chi connectivity index (χ4v) is 3.78. The van der Waals surface area contributed by atoms with Crippen LogP contribution in [0.1, 0.15) is 42.0 Å². The fourth-order valence-electron chi connectivity index (χ4n) is 3.78. The second-order valence-electron chi connectivity index (χ2n) is 6.78. The van der Waals surface area contributed by atoms with Gasteiger partial charge in [-0.1, -0.05) is 48.5 Å². The highest BCUT2D eigenvalue weighted by Gasteiger charge is 2.34. The number of benzene rings is 2. The number of fused-ring (bicyclic) bond motifs is 1. The van der Waals surface area contributed by atoms with Gasteiger partial charge >= 0.3 is 0 Å². The Morgan fingerprint density at radius 1 is 0.955 bits per heavy atom. The molecule has 0 bridgehead atoms. The van der Waals surface area contributed by atoms with Crippen molar-refractivity contribution in [3.63, 3.8) is 0 Å². The van der Waals surface area contributed by atoms with Gasteiger partial charge < -0.3 is 5.41 Å². The molecule has 0 aliphatic heterocycles. The zero-order valence-electron chi connectivity index (χ0n) is 13.7. The van der Waals surface area contributed by atoms with Crippen molar-refractivity contribution in [2.24, 2.45) is 5.41 Å². The molecule has 0 heterocycles. The van der Waals surface area contributed by atoms with Crippen LogP contribution in [0.3, 0.4) is 0 Å². The number of nitrogens with one attached hydrogen (secondary N) is 1. The Morgan fingerprint density at radius 3 is 2.05 bits per heavy atom. The Morgan fingerprint density at radius 2 is 1.50 bits per heavy atom. The van der Waals surface area contributed by atoms with E-state index in [2.05, 4.69) is 55.5 Å². The first-order chi connectivity index (χ1) is 10.6. The molecule has 0 saturated heterocycles. The monoisotopic (exact) mass is 291 g/mol. The third-order valence-corrected chi connectivity index (χ3v) is 5.45. The lowest BCUT2D eigenvalue weighted by Gasteiger charge is -2.33. The lowest BCUT2D eigenvalue weighted by atomic mass is 9.71. The molecule has 0 saturated carbocycles. The van der Waals surface area contributed by atoms with Gasteiger partial charge in [0, 0.05) is 11.1 Å². The zero-order chi connectivity index (χ0) is 15.6. The van der Waals surface area contributed by atoms with Crippen LogP contribution in [0.2, 0.25) is 0 Å². The summed E-state index contributed by atoms with van der Waals surface area (Å²) in [5.74, 6) is 0. The Labute approximate surface area is 133 Å². The minimum Gasteiger partial charge on any atom is -0.309 e. The van der Waals surface area contributed by atoms with Gasteiger partial charge in [-0.2, -0.15) is 0 Å². The van der Waals surface area contributed by atoms with Gasteiger partial charge in [0.1, 0.15) is 0 Å². The van der Waals surface area contributed by atoms with Gasteiger partial charge in [0.25, 0.3) is 0 Å². The molecule has 0 atom stereocenters. The van der Waals surface area contributed by atoms with E-state index in [0.717, 1.165) is 37.8 Å². The first-order valence-corrected chi connectivity index (χ1v) is 8.28. The molecule has 22 heavy (non-hydrogen) atoms. The average molecular weight is 291 g/mol. The highest BCUT2D eigenvalue weighted by atomic mass is 14.5. The van der Waals surface area contributed by atoms with Crippen molar-refractivity contribution < 1.29 is 0 Å². The van der Waals surface area contributed by atoms with E-state index in [1.807, 2.05) is 6.92 Å². The Bertz CT molecular complexity index is 657. The van der Waals surface area contributed by atoms with Gasteiger partial charge in [-0.15, -0.1) is 0 Å². The van der Waals surface area contributed by atoms with Gasteiger partial charge in [-0.05, 0) is 68.2 Å². The van der Waals surface area contributed by atoms with Crippen molar-refractivity contribution in [2.45, 2.75) is 46.0 Å². The largest absolute Gasteiger partial charge is 0.309 e. The van der Waals surface area contributed by atoms with E-state index in [1.54, 1.807) is 0 Å². The molecule has 1 nitrogen and oxygen atoms in total. The standard InChI is InChI=1S/C21H25N/c1-16-7-3-4-10-20(16)15-21(17(2)22)13-11-18-8-5-6-9-19(18)12-14-21/h3-10,22H,11-15H2,1-2H3. The van der Waals surface area contributed by atoms with Crippen molar-refractivity contribution in [2.75, 3.05) is 0 Å². The third kappa shape index (κ3) is 2.85. The molecule has 0 unspecified atom stereocenters. The van der Waals surface area contributed by atoms with Crippen molar-refractivity contribution in [1.82, 2.24) is 0 Å².